The number of ether oxygens (including phenoxy) is 3. The van der Waals surface area contributed by atoms with Crippen LogP contribution in [-0.4, -0.2) is 26.3 Å². The van der Waals surface area contributed by atoms with E-state index in [2.05, 4.69) is 24.9 Å². The zero-order chi connectivity index (χ0) is 14.0. The highest BCUT2D eigenvalue weighted by atomic mass is 16.5. The van der Waals surface area contributed by atoms with Crippen LogP contribution in [0.1, 0.15) is 31.9 Å². The summed E-state index contributed by atoms with van der Waals surface area (Å²) in [7, 11) is 4.89. The molecule has 0 fully saturated rings. The van der Waals surface area contributed by atoms with E-state index in [0.717, 1.165) is 17.3 Å². The summed E-state index contributed by atoms with van der Waals surface area (Å²) >= 11 is 0. The van der Waals surface area contributed by atoms with Crippen LogP contribution >= 0.6 is 0 Å². The molecule has 0 saturated carbocycles. The Bertz CT molecular complexity index is 574. The largest absolute Gasteiger partial charge is 0.493 e. The van der Waals surface area contributed by atoms with Crippen molar-refractivity contribution in [3.8, 4) is 17.2 Å². The molecule has 104 valence electrons. The standard InChI is InChI=1S/C15H21NO3/c1-6-9(2)11-7-10-8-12(17-3)14(18-4)15(19-5)13(10)16-11/h7-9,16H,6H2,1-5H3. The van der Waals surface area contributed by atoms with Crippen LogP contribution in [0.3, 0.4) is 0 Å². The van der Waals surface area contributed by atoms with E-state index < -0.39 is 0 Å². The lowest BCUT2D eigenvalue weighted by Crippen LogP contribution is -1.95. The van der Waals surface area contributed by atoms with Gasteiger partial charge in [0.2, 0.25) is 5.75 Å². The Morgan fingerprint density at radius 2 is 1.74 bits per heavy atom. The zero-order valence-electron chi connectivity index (χ0n) is 12.2. The third-order valence-corrected chi connectivity index (χ3v) is 3.58. The van der Waals surface area contributed by atoms with Crippen LogP contribution in [0.25, 0.3) is 10.9 Å². The van der Waals surface area contributed by atoms with Gasteiger partial charge in [-0.15, -0.1) is 0 Å². The minimum Gasteiger partial charge on any atom is -0.493 e. The van der Waals surface area contributed by atoms with Crippen molar-refractivity contribution < 1.29 is 14.2 Å². The highest BCUT2D eigenvalue weighted by Crippen LogP contribution is 2.43. The van der Waals surface area contributed by atoms with Gasteiger partial charge in [0.1, 0.15) is 0 Å². The van der Waals surface area contributed by atoms with Crippen molar-refractivity contribution in [2.45, 2.75) is 26.2 Å². The predicted molar refractivity (Wildman–Crippen MR) is 76.7 cm³/mol. The monoisotopic (exact) mass is 263 g/mol. The summed E-state index contributed by atoms with van der Waals surface area (Å²) in [5.41, 5.74) is 2.15. The Morgan fingerprint density at radius 1 is 1.05 bits per heavy atom. The topological polar surface area (TPSA) is 43.5 Å². The molecule has 4 heteroatoms. The molecule has 1 unspecified atom stereocenters. The molecule has 0 spiro atoms. The van der Waals surface area contributed by atoms with Crippen molar-refractivity contribution in [3.63, 3.8) is 0 Å². The molecule has 1 aromatic heterocycles. The smallest absolute Gasteiger partial charge is 0.205 e. The van der Waals surface area contributed by atoms with Gasteiger partial charge in [-0.05, 0) is 24.5 Å². The third-order valence-electron chi connectivity index (χ3n) is 3.58. The van der Waals surface area contributed by atoms with Crippen molar-refractivity contribution in [3.05, 3.63) is 17.8 Å². The fourth-order valence-corrected chi connectivity index (χ4v) is 2.25. The van der Waals surface area contributed by atoms with Crippen molar-refractivity contribution in [2.75, 3.05) is 21.3 Å². The van der Waals surface area contributed by atoms with E-state index in [-0.39, 0.29) is 0 Å². The first-order chi connectivity index (χ1) is 9.15. The minimum absolute atomic E-state index is 0.481. The molecular formula is C15H21NO3. The number of aromatic amines is 1. The van der Waals surface area contributed by atoms with Crippen molar-refractivity contribution in [1.29, 1.82) is 0 Å². The average Bonchev–Trinajstić information content (AvgIpc) is 2.87. The molecule has 0 saturated heterocycles. The van der Waals surface area contributed by atoms with Gasteiger partial charge in [0.05, 0.1) is 26.8 Å². The molecular weight excluding hydrogens is 242 g/mol. The molecule has 0 bridgehead atoms. The van der Waals surface area contributed by atoms with Gasteiger partial charge in [-0.3, -0.25) is 0 Å². The summed E-state index contributed by atoms with van der Waals surface area (Å²) in [6.07, 6.45) is 1.09. The lowest BCUT2D eigenvalue weighted by molar-refractivity contribution is 0.327. The van der Waals surface area contributed by atoms with Crippen molar-refractivity contribution in [1.82, 2.24) is 4.98 Å². The number of hydrogen-bond acceptors (Lipinski definition) is 3. The molecule has 1 heterocycles. The maximum absolute atomic E-state index is 5.48. The van der Waals surface area contributed by atoms with E-state index in [1.807, 2.05) is 6.07 Å². The van der Waals surface area contributed by atoms with Crippen LogP contribution in [0, 0.1) is 0 Å². The lowest BCUT2D eigenvalue weighted by Gasteiger charge is -2.12. The number of H-pyrrole nitrogens is 1. The lowest BCUT2D eigenvalue weighted by atomic mass is 10.1. The minimum atomic E-state index is 0.481. The quantitative estimate of drug-likeness (QED) is 0.894. The highest BCUT2D eigenvalue weighted by molar-refractivity contribution is 5.91. The highest BCUT2D eigenvalue weighted by Gasteiger charge is 2.18. The molecule has 1 aromatic carbocycles. The maximum Gasteiger partial charge on any atom is 0.205 e. The number of nitrogens with one attached hydrogen (secondary N) is 1. The van der Waals surface area contributed by atoms with Gasteiger partial charge in [0.15, 0.2) is 11.5 Å². The molecule has 2 aromatic rings. The molecule has 1 N–H and O–H groups in total. The first-order valence-corrected chi connectivity index (χ1v) is 6.47. The summed E-state index contributed by atoms with van der Waals surface area (Å²) in [5, 5.41) is 1.07. The van der Waals surface area contributed by atoms with E-state index in [1.54, 1.807) is 21.3 Å². The second-order valence-electron chi connectivity index (χ2n) is 4.64. The summed E-state index contributed by atoms with van der Waals surface area (Å²) in [6, 6.07) is 4.12. The molecule has 0 radical (unpaired) electrons. The van der Waals surface area contributed by atoms with Gasteiger partial charge in [0.25, 0.3) is 0 Å². The Labute approximate surface area is 113 Å². The van der Waals surface area contributed by atoms with Gasteiger partial charge >= 0.3 is 0 Å². The van der Waals surface area contributed by atoms with E-state index in [0.29, 0.717) is 23.2 Å². The molecule has 0 amide bonds. The average molecular weight is 263 g/mol. The van der Waals surface area contributed by atoms with Crippen LogP contribution < -0.4 is 14.2 Å². The second-order valence-corrected chi connectivity index (χ2v) is 4.64. The van der Waals surface area contributed by atoms with Gasteiger partial charge in [-0.2, -0.15) is 0 Å². The Morgan fingerprint density at radius 3 is 2.26 bits per heavy atom. The van der Waals surface area contributed by atoms with Gasteiger partial charge < -0.3 is 19.2 Å². The Kier molecular flexibility index (Phi) is 3.88. The van der Waals surface area contributed by atoms with Crippen LogP contribution in [0.4, 0.5) is 0 Å². The Balaban J connectivity index is 2.69. The number of methoxy groups -OCH3 is 3. The maximum atomic E-state index is 5.48. The fourth-order valence-electron chi connectivity index (χ4n) is 2.25. The predicted octanol–water partition coefficient (Wildman–Crippen LogP) is 3.71. The molecule has 2 rings (SSSR count). The van der Waals surface area contributed by atoms with Gasteiger partial charge in [-0.1, -0.05) is 13.8 Å². The van der Waals surface area contributed by atoms with Crippen LogP contribution in [0.2, 0.25) is 0 Å². The van der Waals surface area contributed by atoms with Crippen molar-refractivity contribution >= 4 is 10.9 Å². The number of hydrogen-bond donors (Lipinski definition) is 1. The number of benzene rings is 1. The summed E-state index contributed by atoms with van der Waals surface area (Å²) in [6.45, 7) is 4.38. The van der Waals surface area contributed by atoms with Crippen LogP contribution in [-0.2, 0) is 0 Å². The van der Waals surface area contributed by atoms with Crippen LogP contribution in [0.5, 0.6) is 17.2 Å². The van der Waals surface area contributed by atoms with E-state index in [1.165, 1.54) is 5.69 Å². The zero-order valence-corrected chi connectivity index (χ0v) is 12.2. The first kappa shape index (κ1) is 13.6. The molecule has 19 heavy (non-hydrogen) atoms. The van der Waals surface area contributed by atoms with E-state index in [9.17, 15) is 0 Å². The third kappa shape index (κ3) is 2.23. The van der Waals surface area contributed by atoms with E-state index in [4.69, 9.17) is 14.2 Å². The Hall–Kier alpha value is -1.84. The summed E-state index contributed by atoms with van der Waals surface area (Å²) in [5.74, 6) is 2.47. The number of aromatic nitrogens is 1. The molecule has 4 nitrogen and oxygen atoms in total. The molecule has 0 aliphatic carbocycles. The summed E-state index contributed by atoms with van der Waals surface area (Å²) < 4.78 is 16.2. The second kappa shape index (κ2) is 5.43. The van der Waals surface area contributed by atoms with Gasteiger partial charge in [0, 0.05) is 11.1 Å². The van der Waals surface area contributed by atoms with Crippen LogP contribution in [0.15, 0.2) is 12.1 Å². The van der Waals surface area contributed by atoms with Crippen molar-refractivity contribution in [2.24, 2.45) is 0 Å². The number of rotatable bonds is 5. The molecule has 0 aliphatic rings. The fraction of sp³-hybridized carbons (Fsp3) is 0.467. The molecule has 0 aliphatic heterocycles. The normalized spacial score (nSPS) is 12.5. The van der Waals surface area contributed by atoms with E-state index >= 15 is 0 Å². The SMILES string of the molecule is CCC(C)c1cc2cc(OC)c(OC)c(OC)c2[nH]1. The number of fused-ring (bicyclic) bond motifs is 1. The van der Waals surface area contributed by atoms with Gasteiger partial charge in [-0.25, -0.2) is 0 Å². The summed E-state index contributed by atoms with van der Waals surface area (Å²) in [4.78, 5) is 3.43. The molecule has 1 atom stereocenters. The first-order valence-electron chi connectivity index (χ1n) is 6.47.